The highest BCUT2D eigenvalue weighted by molar-refractivity contribution is 5.49. The lowest BCUT2D eigenvalue weighted by Crippen LogP contribution is -2.33. The van der Waals surface area contributed by atoms with Gasteiger partial charge in [0.15, 0.2) is 11.5 Å². The van der Waals surface area contributed by atoms with E-state index in [1.807, 2.05) is 40.0 Å². The molecule has 0 saturated carbocycles. The van der Waals surface area contributed by atoms with Crippen molar-refractivity contribution >= 4 is 0 Å². The second-order valence-corrected chi connectivity index (χ2v) is 5.48. The predicted molar refractivity (Wildman–Crippen MR) is 70.0 cm³/mol. The zero-order valence-corrected chi connectivity index (χ0v) is 11.4. The minimum absolute atomic E-state index is 0.243. The van der Waals surface area contributed by atoms with E-state index in [4.69, 9.17) is 9.47 Å². The highest BCUT2D eigenvalue weighted by Crippen LogP contribution is 2.41. The summed E-state index contributed by atoms with van der Waals surface area (Å²) >= 11 is 0. The highest BCUT2D eigenvalue weighted by atomic mass is 16.7. The Labute approximate surface area is 108 Å². The fraction of sp³-hybridized carbons (Fsp3) is 0.571. The first-order valence-electron chi connectivity index (χ1n) is 6.18. The van der Waals surface area contributed by atoms with E-state index in [0.717, 1.165) is 29.2 Å². The van der Waals surface area contributed by atoms with E-state index in [-0.39, 0.29) is 12.2 Å². The maximum Gasteiger partial charge on any atom is 0.231 e. The van der Waals surface area contributed by atoms with Gasteiger partial charge in [-0.2, -0.15) is 0 Å². The smallest absolute Gasteiger partial charge is 0.231 e. The highest BCUT2D eigenvalue weighted by Gasteiger charge is 2.31. The molecular weight excluding hydrogens is 230 g/mol. The number of aliphatic hydroxyl groups excluding tert-OH is 1. The summed E-state index contributed by atoms with van der Waals surface area (Å²) < 4.78 is 10.7. The van der Waals surface area contributed by atoms with Gasteiger partial charge in [0, 0.05) is 12.0 Å². The van der Waals surface area contributed by atoms with Gasteiger partial charge in [0.25, 0.3) is 0 Å². The maximum absolute atomic E-state index is 10.6. The first-order chi connectivity index (χ1) is 8.45. The van der Waals surface area contributed by atoms with Gasteiger partial charge < -0.3 is 19.9 Å². The molecule has 0 aromatic heterocycles. The number of aryl methyl sites for hydroxylation is 1. The van der Waals surface area contributed by atoms with Gasteiger partial charge in [-0.15, -0.1) is 0 Å². The van der Waals surface area contributed by atoms with Crippen molar-refractivity contribution in [2.75, 3.05) is 20.4 Å². The summed E-state index contributed by atoms with van der Waals surface area (Å²) in [5, 5.41) is 13.7. The third-order valence-corrected chi connectivity index (χ3v) is 3.43. The van der Waals surface area contributed by atoms with Gasteiger partial charge in [-0.3, -0.25) is 0 Å². The molecule has 1 unspecified atom stereocenters. The third kappa shape index (κ3) is 2.31. The maximum atomic E-state index is 10.6. The van der Waals surface area contributed by atoms with E-state index in [1.165, 1.54) is 0 Å². The van der Waals surface area contributed by atoms with Crippen LogP contribution in [0, 0.1) is 12.3 Å². The van der Waals surface area contributed by atoms with E-state index in [2.05, 4.69) is 5.32 Å². The van der Waals surface area contributed by atoms with Crippen LogP contribution in [0.25, 0.3) is 0 Å². The Morgan fingerprint density at radius 3 is 2.56 bits per heavy atom. The standard InChI is InChI=1S/C14H21NO3/c1-9-5-11-12(18-8-17-11)6-10(9)13(16)14(2,3)7-15-4/h5-6,13,15-16H,7-8H2,1-4H3. The number of nitrogens with one attached hydrogen (secondary N) is 1. The molecule has 4 heteroatoms. The number of aliphatic hydroxyl groups is 1. The average molecular weight is 251 g/mol. The van der Waals surface area contributed by atoms with Crippen molar-refractivity contribution in [1.29, 1.82) is 0 Å². The molecule has 0 amide bonds. The summed E-state index contributed by atoms with van der Waals surface area (Å²) in [5.74, 6) is 1.48. The molecule has 1 aromatic carbocycles. The lowest BCUT2D eigenvalue weighted by Gasteiger charge is -2.31. The zero-order valence-electron chi connectivity index (χ0n) is 11.4. The second-order valence-electron chi connectivity index (χ2n) is 5.48. The number of hydrogen-bond acceptors (Lipinski definition) is 4. The fourth-order valence-corrected chi connectivity index (χ4v) is 2.33. The Morgan fingerprint density at radius 2 is 1.94 bits per heavy atom. The van der Waals surface area contributed by atoms with Gasteiger partial charge in [-0.1, -0.05) is 13.8 Å². The van der Waals surface area contributed by atoms with Gasteiger partial charge in [-0.05, 0) is 37.2 Å². The van der Waals surface area contributed by atoms with Crippen LogP contribution in [0.2, 0.25) is 0 Å². The summed E-state index contributed by atoms with van der Waals surface area (Å²) in [5.41, 5.74) is 1.68. The molecule has 0 bridgehead atoms. The van der Waals surface area contributed by atoms with Gasteiger partial charge in [0.2, 0.25) is 6.79 Å². The Balaban J connectivity index is 2.33. The molecule has 0 spiro atoms. The first kappa shape index (κ1) is 13.2. The molecule has 18 heavy (non-hydrogen) atoms. The number of ether oxygens (including phenoxy) is 2. The molecule has 0 aliphatic carbocycles. The van der Waals surface area contributed by atoms with Crippen LogP contribution in [0.1, 0.15) is 31.1 Å². The normalized spacial score (nSPS) is 15.8. The monoisotopic (exact) mass is 251 g/mol. The van der Waals surface area contributed by atoms with Crippen molar-refractivity contribution < 1.29 is 14.6 Å². The minimum atomic E-state index is -0.542. The van der Waals surface area contributed by atoms with Gasteiger partial charge in [0.05, 0.1) is 6.10 Å². The molecule has 1 aliphatic rings. The third-order valence-electron chi connectivity index (χ3n) is 3.43. The Bertz CT molecular complexity index is 443. The number of fused-ring (bicyclic) bond motifs is 1. The number of benzene rings is 1. The van der Waals surface area contributed by atoms with Crippen molar-refractivity contribution in [3.63, 3.8) is 0 Å². The summed E-state index contributed by atoms with van der Waals surface area (Å²) in [6, 6.07) is 3.82. The quantitative estimate of drug-likeness (QED) is 0.859. The summed E-state index contributed by atoms with van der Waals surface area (Å²) in [7, 11) is 1.89. The van der Waals surface area contributed by atoms with Gasteiger partial charge in [0.1, 0.15) is 0 Å². The van der Waals surface area contributed by atoms with Crippen molar-refractivity contribution in [1.82, 2.24) is 5.32 Å². The number of hydrogen-bond donors (Lipinski definition) is 2. The SMILES string of the molecule is CNCC(C)(C)C(O)c1cc2c(cc1C)OCO2. The zero-order chi connectivity index (χ0) is 13.3. The minimum Gasteiger partial charge on any atom is -0.454 e. The fourth-order valence-electron chi connectivity index (χ4n) is 2.33. The first-order valence-corrected chi connectivity index (χ1v) is 6.18. The molecule has 2 N–H and O–H groups in total. The Morgan fingerprint density at radius 1 is 1.33 bits per heavy atom. The molecule has 1 aliphatic heterocycles. The molecule has 0 fully saturated rings. The molecule has 0 radical (unpaired) electrons. The van der Waals surface area contributed by atoms with E-state index >= 15 is 0 Å². The molecule has 1 heterocycles. The van der Waals surface area contributed by atoms with Crippen molar-refractivity contribution in [2.45, 2.75) is 26.9 Å². The predicted octanol–water partition coefficient (Wildman–Crippen LogP) is 2.00. The summed E-state index contributed by atoms with van der Waals surface area (Å²) in [4.78, 5) is 0. The molecule has 0 saturated heterocycles. The number of rotatable bonds is 4. The van der Waals surface area contributed by atoms with Crippen LogP contribution < -0.4 is 14.8 Å². The molecular formula is C14H21NO3. The van der Waals surface area contributed by atoms with E-state index in [1.54, 1.807) is 0 Å². The van der Waals surface area contributed by atoms with Crippen molar-refractivity contribution in [3.8, 4) is 11.5 Å². The van der Waals surface area contributed by atoms with Crippen LogP contribution in [-0.2, 0) is 0 Å². The molecule has 1 atom stereocenters. The van der Waals surface area contributed by atoms with Crippen molar-refractivity contribution in [2.24, 2.45) is 5.41 Å². The summed E-state index contributed by atoms with van der Waals surface area (Å²) in [6.45, 7) is 7.06. The molecule has 100 valence electrons. The summed E-state index contributed by atoms with van der Waals surface area (Å²) in [6.07, 6.45) is -0.542. The van der Waals surface area contributed by atoms with Crippen LogP contribution in [-0.4, -0.2) is 25.5 Å². The Hall–Kier alpha value is -1.26. The van der Waals surface area contributed by atoms with Crippen LogP contribution in [0.5, 0.6) is 11.5 Å². The molecule has 2 rings (SSSR count). The van der Waals surface area contributed by atoms with E-state index in [0.29, 0.717) is 0 Å². The molecule has 4 nitrogen and oxygen atoms in total. The Kier molecular flexibility index (Phi) is 3.50. The van der Waals surface area contributed by atoms with E-state index < -0.39 is 6.10 Å². The largest absolute Gasteiger partial charge is 0.454 e. The molecule has 1 aromatic rings. The van der Waals surface area contributed by atoms with Crippen LogP contribution in [0.4, 0.5) is 0 Å². The average Bonchev–Trinajstić information content (AvgIpc) is 2.73. The van der Waals surface area contributed by atoms with E-state index in [9.17, 15) is 5.11 Å². The lowest BCUT2D eigenvalue weighted by atomic mass is 9.81. The van der Waals surface area contributed by atoms with Crippen LogP contribution in [0.3, 0.4) is 0 Å². The lowest BCUT2D eigenvalue weighted by molar-refractivity contribution is 0.0499. The van der Waals surface area contributed by atoms with Gasteiger partial charge >= 0.3 is 0 Å². The second kappa shape index (κ2) is 4.78. The van der Waals surface area contributed by atoms with Gasteiger partial charge in [-0.25, -0.2) is 0 Å². The van der Waals surface area contributed by atoms with Crippen LogP contribution in [0.15, 0.2) is 12.1 Å². The topological polar surface area (TPSA) is 50.7 Å². The van der Waals surface area contributed by atoms with Crippen molar-refractivity contribution in [3.05, 3.63) is 23.3 Å². The van der Waals surface area contributed by atoms with Crippen LogP contribution >= 0.6 is 0 Å².